The van der Waals surface area contributed by atoms with E-state index in [0.717, 1.165) is 36.8 Å². The van der Waals surface area contributed by atoms with Crippen molar-refractivity contribution in [3.8, 4) is 0 Å². The van der Waals surface area contributed by atoms with Gasteiger partial charge in [-0.25, -0.2) is 8.42 Å². The van der Waals surface area contributed by atoms with Gasteiger partial charge in [-0.15, -0.1) is 0 Å². The van der Waals surface area contributed by atoms with Crippen LogP contribution in [0.4, 0.5) is 5.69 Å². The zero-order valence-electron chi connectivity index (χ0n) is 22.0. The van der Waals surface area contributed by atoms with Crippen molar-refractivity contribution in [1.29, 1.82) is 0 Å². The molecule has 0 aliphatic heterocycles. The van der Waals surface area contributed by atoms with Gasteiger partial charge in [-0.3, -0.25) is 13.9 Å². The Balaban J connectivity index is 1.70. The molecular weight excluding hydrogens is 510 g/mol. The van der Waals surface area contributed by atoms with Crippen LogP contribution >= 0.6 is 11.6 Å². The Morgan fingerprint density at radius 3 is 2.24 bits per heavy atom. The van der Waals surface area contributed by atoms with Crippen molar-refractivity contribution < 1.29 is 18.0 Å². The fourth-order valence-electron chi connectivity index (χ4n) is 4.65. The van der Waals surface area contributed by atoms with Gasteiger partial charge >= 0.3 is 0 Å². The summed E-state index contributed by atoms with van der Waals surface area (Å²) in [5.41, 5.74) is 2.47. The van der Waals surface area contributed by atoms with Gasteiger partial charge in [0.1, 0.15) is 6.04 Å². The average Bonchev–Trinajstić information content (AvgIpc) is 2.86. The first kappa shape index (κ1) is 29.0. The van der Waals surface area contributed by atoms with Crippen LogP contribution in [-0.2, 0) is 26.2 Å². The Bertz CT molecular complexity index is 1150. The number of aryl methyl sites for hydroxylation is 1. The number of nitrogens with zero attached hydrogens (tertiary/aromatic N) is 2. The number of rotatable bonds is 11. The molecule has 202 valence electrons. The van der Waals surface area contributed by atoms with E-state index in [1.54, 1.807) is 36.1 Å². The Morgan fingerprint density at radius 1 is 1.03 bits per heavy atom. The average molecular weight is 548 g/mol. The predicted molar refractivity (Wildman–Crippen MR) is 149 cm³/mol. The molecule has 1 aliphatic carbocycles. The lowest BCUT2D eigenvalue weighted by Gasteiger charge is -2.31. The molecule has 0 bridgehead atoms. The maximum Gasteiger partial charge on any atom is 0.242 e. The molecular formula is C28H38ClN3O4S. The first-order valence-corrected chi connectivity index (χ1v) is 15.2. The summed E-state index contributed by atoms with van der Waals surface area (Å²) in [5.74, 6) is -0.356. The standard InChI is InChI=1S/C28H38ClN3O4S/c1-21-11-17-26(18-12-21)32(37(3,35)36)19-7-10-27(33)31(20-23-13-15-24(29)16-14-23)22(2)28(34)30-25-8-5-4-6-9-25/h11-18,22,25H,4-10,19-20H2,1-3H3,(H,30,34)/t22-/m1/s1. The van der Waals surface area contributed by atoms with E-state index >= 15 is 0 Å². The van der Waals surface area contributed by atoms with Crippen LogP contribution in [0.15, 0.2) is 48.5 Å². The summed E-state index contributed by atoms with van der Waals surface area (Å²) in [5, 5.41) is 3.73. The monoisotopic (exact) mass is 547 g/mol. The quantitative estimate of drug-likeness (QED) is 0.426. The first-order chi connectivity index (χ1) is 17.5. The largest absolute Gasteiger partial charge is 0.352 e. The molecule has 3 rings (SSSR count). The summed E-state index contributed by atoms with van der Waals surface area (Å²) in [7, 11) is -3.52. The van der Waals surface area contributed by atoms with Crippen LogP contribution in [0.5, 0.6) is 0 Å². The summed E-state index contributed by atoms with van der Waals surface area (Å²) in [6.45, 7) is 4.13. The number of carbonyl (C=O) groups is 2. The number of sulfonamides is 1. The highest BCUT2D eigenvalue weighted by Gasteiger charge is 2.28. The van der Waals surface area contributed by atoms with Crippen LogP contribution in [0.2, 0.25) is 5.02 Å². The second-order valence-electron chi connectivity index (χ2n) is 9.94. The Kier molecular flexibility index (Phi) is 10.4. The van der Waals surface area contributed by atoms with Crippen molar-refractivity contribution in [1.82, 2.24) is 10.2 Å². The fraction of sp³-hybridized carbons (Fsp3) is 0.500. The van der Waals surface area contributed by atoms with Gasteiger partial charge in [0, 0.05) is 30.6 Å². The molecule has 2 amide bonds. The van der Waals surface area contributed by atoms with E-state index in [9.17, 15) is 18.0 Å². The molecule has 7 nitrogen and oxygen atoms in total. The topological polar surface area (TPSA) is 86.8 Å². The zero-order valence-corrected chi connectivity index (χ0v) is 23.5. The lowest BCUT2D eigenvalue weighted by molar-refractivity contribution is -0.141. The number of amides is 2. The van der Waals surface area contributed by atoms with Crippen LogP contribution in [0.1, 0.15) is 63.0 Å². The molecule has 1 saturated carbocycles. The van der Waals surface area contributed by atoms with Crippen LogP contribution in [0.3, 0.4) is 0 Å². The molecule has 37 heavy (non-hydrogen) atoms. The number of carbonyl (C=O) groups excluding carboxylic acids is 2. The van der Waals surface area contributed by atoms with Gasteiger partial charge in [0.15, 0.2) is 0 Å². The lowest BCUT2D eigenvalue weighted by Crippen LogP contribution is -2.50. The number of hydrogen-bond donors (Lipinski definition) is 1. The van der Waals surface area contributed by atoms with Crippen LogP contribution in [0, 0.1) is 6.92 Å². The van der Waals surface area contributed by atoms with Gasteiger partial charge < -0.3 is 10.2 Å². The number of halogens is 1. The molecule has 0 aromatic heterocycles. The van der Waals surface area contributed by atoms with E-state index in [-0.39, 0.29) is 37.4 Å². The number of benzene rings is 2. The molecule has 1 N–H and O–H groups in total. The summed E-state index contributed by atoms with van der Waals surface area (Å²) in [4.78, 5) is 28.1. The molecule has 1 atom stereocenters. The molecule has 0 unspecified atom stereocenters. The van der Waals surface area contributed by atoms with Crippen LogP contribution < -0.4 is 9.62 Å². The second kappa shape index (κ2) is 13.3. The Hall–Kier alpha value is -2.58. The Labute approximate surface area is 226 Å². The maximum atomic E-state index is 13.4. The third-order valence-electron chi connectivity index (χ3n) is 6.86. The normalized spacial score (nSPS) is 15.1. The van der Waals surface area contributed by atoms with Crippen molar-refractivity contribution in [3.63, 3.8) is 0 Å². The van der Waals surface area contributed by atoms with E-state index in [1.807, 2.05) is 31.2 Å². The third-order valence-corrected chi connectivity index (χ3v) is 8.31. The number of anilines is 1. The number of nitrogens with one attached hydrogen (secondary N) is 1. The second-order valence-corrected chi connectivity index (χ2v) is 12.3. The molecule has 1 fully saturated rings. The van der Waals surface area contributed by atoms with Gasteiger partial charge in [-0.2, -0.15) is 0 Å². The highest BCUT2D eigenvalue weighted by atomic mass is 35.5. The molecule has 0 spiro atoms. The SMILES string of the molecule is Cc1ccc(N(CCCC(=O)N(Cc2ccc(Cl)cc2)[C@H](C)C(=O)NC2CCCCC2)S(C)(=O)=O)cc1. The highest BCUT2D eigenvalue weighted by Crippen LogP contribution is 2.21. The molecule has 1 aliphatic rings. The summed E-state index contributed by atoms with van der Waals surface area (Å²) in [6.07, 6.45) is 6.93. The molecule has 2 aromatic rings. The maximum absolute atomic E-state index is 13.4. The summed E-state index contributed by atoms with van der Waals surface area (Å²) >= 11 is 6.03. The first-order valence-electron chi connectivity index (χ1n) is 12.9. The van der Waals surface area contributed by atoms with E-state index in [1.165, 1.54) is 17.0 Å². The van der Waals surface area contributed by atoms with Crippen molar-refractivity contribution >= 4 is 39.1 Å². The van der Waals surface area contributed by atoms with Crippen molar-refractivity contribution in [3.05, 3.63) is 64.7 Å². The highest BCUT2D eigenvalue weighted by molar-refractivity contribution is 7.92. The van der Waals surface area contributed by atoms with Crippen molar-refractivity contribution in [2.75, 3.05) is 17.1 Å². The third kappa shape index (κ3) is 8.75. The van der Waals surface area contributed by atoms with E-state index < -0.39 is 16.1 Å². The molecule has 9 heteroatoms. The summed E-state index contributed by atoms with van der Waals surface area (Å²) < 4.78 is 26.2. The van der Waals surface area contributed by atoms with Crippen LogP contribution in [-0.4, -0.2) is 50.0 Å². The van der Waals surface area contributed by atoms with E-state index in [4.69, 9.17) is 11.6 Å². The molecule has 0 heterocycles. The smallest absolute Gasteiger partial charge is 0.242 e. The van der Waals surface area contributed by atoms with Gasteiger partial charge in [0.05, 0.1) is 11.9 Å². The minimum atomic E-state index is -3.52. The van der Waals surface area contributed by atoms with Gasteiger partial charge in [0.2, 0.25) is 21.8 Å². The summed E-state index contributed by atoms with van der Waals surface area (Å²) in [6, 6.07) is 14.0. The van der Waals surface area contributed by atoms with Crippen molar-refractivity contribution in [2.45, 2.75) is 77.4 Å². The fourth-order valence-corrected chi connectivity index (χ4v) is 5.74. The van der Waals surface area contributed by atoms with Crippen LogP contribution in [0.25, 0.3) is 0 Å². The lowest BCUT2D eigenvalue weighted by atomic mass is 9.95. The van der Waals surface area contributed by atoms with Crippen molar-refractivity contribution in [2.24, 2.45) is 0 Å². The van der Waals surface area contributed by atoms with Gasteiger partial charge in [0.25, 0.3) is 0 Å². The molecule has 2 aromatic carbocycles. The molecule has 0 saturated heterocycles. The molecule has 0 radical (unpaired) electrons. The predicted octanol–water partition coefficient (Wildman–Crippen LogP) is 5.06. The van der Waals surface area contributed by atoms with E-state index in [0.29, 0.717) is 17.1 Å². The zero-order chi connectivity index (χ0) is 27.0. The van der Waals surface area contributed by atoms with Gasteiger partial charge in [-0.05, 0) is 62.9 Å². The van der Waals surface area contributed by atoms with E-state index in [2.05, 4.69) is 5.32 Å². The minimum Gasteiger partial charge on any atom is -0.352 e. The Morgan fingerprint density at radius 2 is 1.65 bits per heavy atom. The van der Waals surface area contributed by atoms with Gasteiger partial charge in [-0.1, -0.05) is 60.7 Å². The minimum absolute atomic E-state index is 0.118. The number of hydrogen-bond acceptors (Lipinski definition) is 4.